The zero-order valence-electron chi connectivity index (χ0n) is 10.8. The third-order valence-electron chi connectivity index (χ3n) is 3.76. The van der Waals surface area contributed by atoms with Crippen LogP contribution in [0.15, 0.2) is 18.2 Å². The van der Waals surface area contributed by atoms with Crippen molar-refractivity contribution in [2.24, 2.45) is 0 Å². The fourth-order valence-corrected chi connectivity index (χ4v) is 2.58. The van der Waals surface area contributed by atoms with E-state index in [9.17, 15) is 23.9 Å². The molecule has 4 N–H and O–H groups in total. The number of ketones is 1. The number of amides is 2. The molecule has 110 valence electrons. The highest BCUT2D eigenvalue weighted by Gasteiger charge is 2.55. The van der Waals surface area contributed by atoms with Gasteiger partial charge in [0.1, 0.15) is 0 Å². The van der Waals surface area contributed by atoms with E-state index in [0.717, 1.165) is 0 Å². The first-order valence-corrected chi connectivity index (χ1v) is 6.24. The second-order valence-electron chi connectivity index (χ2n) is 5.04. The van der Waals surface area contributed by atoms with Gasteiger partial charge in [0.15, 0.2) is 12.0 Å². The summed E-state index contributed by atoms with van der Waals surface area (Å²) in [7, 11) is 0. The van der Waals surface area contributed by atoms with Gasteiger partial charge < -0.3 is 16.2 Å². The lowest BCUT2D eigenvalue weighted by Gasteiger charge is -2.36. The Labute approximate surface area is 118 Å². The monoisotopic (exact) mass is 293 g/mol. The standard InChI is InChI=1S/C13H12FN3O4/c14-13(4-9(18)10(19)16-12(13)21)17-5-7-6(11(17)20)2-1-3-8(7)15/h1-3,10,19H,4-5,15H2,(H,16,21). The molecule has 2 amide bonds. The molecule has 8 heteroatoms. The lowest BCUT2D eigenvalue weighted by molar-refractivity contribution is -0.163. The molecule has 2 atom stereocenters. The summed E-state index contributed by atoms with van der Waals surface area (Å²) in [6, 6.07) is 4.60. The van der Waals surface area contributed by atoms with Crippen molar-refractivity contribution in [2.75, 3.05) is 5.73 Å². The zero-order chi connectivity index (χ0) is 15.4. The predicted octanol–water partition coefficient (Wildman–Crippen LogP) is -0.702. The van der Waals surface area contributed by atoms with Crippen molar-refractivity contribution in [3.8, 4) is 0 Å². The van der Waals surface area contributed by atoms with Gasteiger partial charge in [-0.25, -0.2) is 4.39 Å². The number of alkyl halides is 1. The number of fused-ring (bicyclic) bond motifs is 1. The fraction of sp³-hybridized carbons (Fsp3) is 0.308. The number of rotatable bonds is 1. The molecule has 2 aliphatic heterocycles. The number of hydrogen-bond donors (Lipinski definition) is 3. The van der Waals surface area contributed by atoms with Crippen LogP contribution < -0.4 is 11.1 Å². The number of nitrogens with zero attached hydrogens (tertiary/aromatic N) is 1. The van der Waals surface area contributed by atoms with Crippen molar-refractivity contribution in [3.05, 3.63) is 29.3 Å². The molecule has 1 saturated heterocycles. The van der Waals surface area contributed by atoms with Gasteiger partial charge in [-0.3, -0.25) is 19.3 Å². The summed E-state index contributed by atoms with van der Waals surface area (Å²) in [5.41, 5.74) is 6.69. The molecular weight excluding hydrogens is 281 g/mol. The Hall–Kier alpha value is -2.48. The number of piperidine rings is 1. The smallest absolute Gasteiger partial charge is 0.281 e. The van der Waals surface area contributed by atoms with Gasteiger partial charge >= 0.3 is 0 Å². The minimum Gasteiger partial charge on any atom is -0.398 e. The molecule has 2 unspecified atom stereocenters. The summed E-state index contributed by atoms with van der Waals surface area (Å²) >= 11 is 0. The number of halogens is 1. The summed E-state index contributed by atoms with van der Waals surface area (Å²) in [6.45, 7) is -0.200. The molecule has 0 aliphatic carbocycles. The molecular formula is C13H12FN3O4. The first kappa shape index (κ1) is 13.5. The third-order valence-corrected chi connectivity index (χ3v) is 3.76. The molecule has 0 aromatic heterocycles. The Kier molecular flexibility index (Phi) is 2.74. The Morgan fingerprint density at radius 2 is 2.10 bits per heavy atom. The number of anilines is 1. The van der Waals surface area contributed by atoms with Crippen LogP contribution >= 0.6 is 0 Å². The number of carbonyl (C=O) groups excluding carboxylic acids is 3. The van der Waals surface area contributed by atoms with Crippen molar-refractivity contribution in [3.63, 3.8) is 0 Å². The SMILES string of the molecule is Nc1cccc2c1CN(C1(F)CC(=O)C(O)NC1=O)C2=O. The molecule has 1 aromatic carbocycles. The van der Waals surface area contributed by atoms with E-state index in [1.165, 1.54) is 6.07 Å². The molecule has 0 bridgehead atoms. The quantitative estimate of drug-likeness (QED) is 0.468. The van der Waals surface area contributed by atoms with Crippen LogP contribution in [0.2, 0.25) is 0 Å². The van der Waals surface area contributed by atoms with Crippen LogP contribution in [0, 0.1) is 0 Å². The molecule has 0 spiro atoms. The van der Waals surface area contributed by atoms with Crippen LogP contribution in [0.4, 0.5) is 10.1 Å². The minimum atomic E-state index is -2.82. The van der Waals surface area contributed by atoms with Crippen LogP contribution in [-0.4, -0.2) is 39.6 Å². The first-order chi connectivity index (χ1) is 9.84. The number of Topliss-reactive ketones (excluding diaryl/α,β-unsaturated/α-hetero) is 1. The maximum atomic E-state index is 15.0. The number of carbonyl (C=O) groups is 3. The first-order valence-electron chi connectivity index (χ1n) is 6.24. The van der Waals surface area contributed by atoms with Gasteiger partial charge in [-0.05, 0) is 12.1 Å². The van der Waals surface area contributed by atoms with Gasteiger partial charge in [0.05, 0.1) is 13.0 Å². The molecule has 21 heavy (non-hydrogen) atoms. The second kappa shape index (κ2) is 4.26. The number of hydrogen-bond acceptors (Lipinski definition) is 5. The lowest BCUT2D eigenvalue weighted by Crippen LogP contribution is -2.64. The molecule has 7 nitrogen and oxygen atoms in total. The molecule has 1 fully saturated rings. The zero-order valence-corrected chi connectivity index (χ0v) is 10.8. The van der Waals surface area contributed by atoms with Crippen LogP contribution in [0.3, 0.4) is 0 Å². The average Bonchev–Trinajstić information content (AvgIpc) is 2.77. The van der Waals surface area contributed by atoms with Crippen LogP contribution in [-0.2, 0) is 16.1 Å². The molecule has 1 aromatic rings. The topological polar surface area (TPSA) is 113 Å². The summed E-state index contributed by atoms with van der Waals surface area (Å²) in [4.78, 5) is 36.2. The molecule has 2 aliphatic rings. The highest BCUT2D eigenvalue weighted by molar-refractivity contribution is 6.06. The molecule has 2 heterocycles. The van der Waals surface area contributed by atoms with E-state index >= 15 is 0 Å². The van der Waals surface area contributed by atoms with Crippen molar-refractivity contribution in [1.29, 1.82) is 0 Å². The number of aliphatic hydroxyl groups is 1. The minimum absolute atomic E-state index is 0.200. The molecule has 0 radical (unpaired) electrons. The summed E-state index contributed by atoms with van der Waals surface area (Å²) in [5, 5.41) is 11.1. The van der Waals surface area contributed by atoms with Crippen molar-refractivity contribution in [2.45, 2.75) is 25.0 Å². The Morgan fingerprint density at radius 1 is 1.38 bits per heavy atom. The maximum Gasteiger partial charge on any atom is 0.281 e. The van der Waals surface area contributed by atoms with Crippen LogP contribution in [0.1, 0.15) is 22.3 Å². The number of nitrogen functional groups attached to an aromatic ring is 1. The summed E-state index contributed by atoms with van der Waals surface area (Å²) in [6.07, 6.45) is -2.63. The van der Waals surface area contributed by atoms with Crippen molar-refractivity contribution in [1.82, 2.24) is 10.2 Å². The van der Waals surface area contributed by atoms with Crippen LogP contribution in [0.25, 0.3) is 0 Å². The largest absolute Gasteiger partial charge is 0.398 e. The summed E-state index contributed by atoms with van der Waals surface area (Å²) in [5.74, 6) is -5.64. The Morgan fingerprint density at radius 3 is 2.76 bits per heavy atom. The van der Waals surface area contributed by atoms with Gasteiger partial charge in [-0.15, -0.1) is 0 Å². The summed E-state index contributed by atoms with van der Waals surface area (Å²) < 4.78 is 15.0. The third kappa shape index (κ3) is 1.79. The van der Waals surface area contributed by atoms with Crippen molar-refractivity contribution < 1.29 is 23.9 Å². The molecule has 3 rings (SSSR count). The van der Waals surface area contributed by atoms with E-state index in [1.54, 1.807) is 12.1 Å². The average molecular weight is 293 g/mol. The van der Waals surface area contributed by atoms with Crippen LogP contribution in [0.5, 0.6) is 0 Å². The number of nitrogens with two attached hydrogens (primary N) is 1. The normalized spacial score (nSPS) is 28.6. The second-order valence-corrected chi connectivity index (χ2v) is 5.04. The fourth-order valence-electron chi connectivity index (χ4n) is 2.58. The Balaban J connectivity index is 1.99. The van der Waals surface area contributed by atoms with Gasteiger partial charge in [-0.1, -0.05) is 6.07 Å². The van der Waals surface area contributed by atoms with E-state index < -0.39 is 36.0 Å². The van der Waals surface area contributed by atoms with E-state index in [4.69, 9.17) is 5.73 Å². The number of aliphatic hydroxyl groups excluding tert-OH is 1. The van der Waals surface area contributed by atoms with Gasteiger partial charge in [0.25, 0.3) is 17.6 Å². The van der Waals surface area contributed by atoms with Gasteiger partial charge in [0, 0.05) is 16.8 Å². The lowest BCUT2D eigenvalue weighted by atomic mass is 10.00. The highest BCUT2D eigenvalue weighted by Crippen LogP contribution is 2.36. The predicted molar refractivity (Wildman–Crippen MR) is 68.3 cm³/mol. The van der Waals surface area contributed by atoms with E-state index in [2.05, 4.69) is 0 Å². The van der Waals surface area contributed by atoms with Gasteiger partial charge in [-0.2, -0.15) is 0 Å². The molecule has 0 saturated carbocycles. The van der Waals surface area contributed by atoms with E-state index in [1.807, 2.05) is 5.32 Å². The Bertz CT molecular complexity index is 677. The highest BCUT2D eigenvalue weighted by atomic mass is 19.1. The van der Waals surface area contributed by atoms with Gasteiger partial charge in [0.2, 0.25) is 0 Å². The maximum absolute atomic E-state index is 15.0. The van der Waals surface area contributed by atoms with Crippen molar-refractivity contribution >= 4 is 23.3 Å². The van der Waals surface area contributed by atoms with E-state index in [-0.39, 0.29) is 12.1 Å². The number of nitrogens with one attached hydrogen (secondary N) is 1. The number of benzene rings is 1. The van der Waals surface area contributed by atoms with E-state index in [0.29, 0.717) is 16.2 Å².